The normalized spacial score (nSPS) is 26.4. The Bertz CT molecular complexity index is 848. The number of rotatable bonds is 5. The Morgan fingerprint density at radius 2 is 2.03 bits per heavy atom. The van der Waals surface area contributed by atoms with Gasteiger partial charge in [0.2, 0.25) is 5.91 Å². The Kier molecular flexibility index (Phi) is 5.74. The predicted molar refractivity (Wildman–Crippen MR) is 113 cm³/mol. The van der Waals surface area contributed by atoms with Crippen molar-refractivity contribution in [1.82, 2.24) is 15.5 Å². The van der Waals surface area contributed by atoms with E-state index in [0.717, 1.165) is 36.9 Å². The lowest BCUT2D eigenvalue weighted by molar-refractivity contribution is -0.137. The van der Waals surface area contributed by atoms with Crippen LogP contribution in [0.1, 0.15) is 50.1 Å². The summed E-state index contributed by atoms with van der Waals surface area (Å²) in [4.78, 5) is 28.3. The number of hydrogen-bond acceptors (Lipinski definition) is 5. The van der Waals surface area contributed by atoms with E-state index in [1.807, 2.05) is 35.2 Å². The standard InChI is InChI=1S/C22H27N5O2/c1-23-25-13-7-12-19(28)27-18-11-6-5-10-16(18)26-17-14-24-22(29)20(17)21(27)15-8-3-2-4-9-15/h2-4,8-9,13,16,18,21,26H,1,5-7,10-12,14H2,(H,24,29). The van der Waals surface area contributed by atoms with Gasteiger partial charge in [0, 0.05) is 31.1 Å². The number of hydrogen-bond donors (Lipinski definition) is 2. The molecule has 3 unspecified atom stereocenters. The third-order valence-corrected chi connectivity index (χ3v) is 6.05. The van der Waals surface area contributed by atoms with Gasteiger partial charge in [-0.15, -0.1) is 0 Å². The zero-order chi connectivity index (χ0) is 20.2. The number of nitrogens with zero attached hydrogens (tertiary/aromatic N) is 3. The maximum absolute atomic E-state index is 13.5. The topological polar surface area (TPSA) is 86.2 Å². The molecule has 0 radical (unpaired) electrons. The highest BCUT2D eigenvalue weighted by Crippen LogP contribution is 2.40. The summed E-state index contributed by atoms with van der Waals surface area (Å²) in [6, 6.07) is 9.75. The molecule has 7 nitrogen and oxygen atoms in total. The van der Waals surface area contributed by atoms with Crippen molar-refractivity contribution in [2.45, 2.75) is 56.7 Å². The van der Waals surface area contributed by atoms with Crippen LogP contribution in [0.5, 0.6) is 0 Å². The fourth-order valence-corrected chi connectivity index (χ4v) is 4.81. The predicted octanol–water partition coefficient (Wildman–Crippen LogP) is 2.32. The van der Waals surface area contributed by atoms with Gasteiger partial charge in [0.05, 0.1) is 24.2 Å². The van der Waals surface area contributed by atoms with Crippen molar-refractivity contribution in [3.63, 3.8) is 0 Å². The summed E-state index contributed by atoms with van der Waals surface area (Å²) in [5.41, 5.74) is 2.59. The second-order valence-corrected chi connectivity index (χ2v) is 7.77. The molecule has 0 saturated heterocycles. The van der Waals surface area contributed by atoms with E-state index in [1.165, 1.54) is 0 Å². The molecule has 7 heteroatoms. The molecule has 3 atom stereocenters. The highest BCUT2D eigenvalue weighted by atomic mass is 16.2. The maximum atomic E-state index is 13.5. The monoisotopic (exact) mass is 393 g/mol. The van der Waals surface area contributed by atoms with Gasteiger partial charge in [0.25, 0.3) is 5.91 Å². The fourth-order valence-electron chi connectivity index (χ4n) is 4.81. The molecule has 2 heterocycles. The van der Waals surface area contributed by atoms with Crippen LogP contribution in [0.3, 0.4) is 0 Å². The second-order valence-electron chi connectivity index (χ2n) is 7.77. The first-order chi connectivity index (χ1) is 14.2. The average Bonchev–Trinajstić information content (AvgIpc) is 3.02. The third kappa shape index (κ3) is 3.81. The van der Waals surface area contributed by atoms with E-state index < -0.39 is 0 Å². The molecular weight excluding hydrogens is 366 g/mol. The van der Waals surface area contributed by atoms with E-state index in [-0.39, 0.29) is 29.9 Å². The lowest BCUT2D eigenvalue weighted by Gasteiger charge is -2.42. The van der Waals surface area contributed by atoms with Crippen LogP contribution in [0, 0.1) is 0 Å². The Morgan fingerprint density at radius 1 is 1.24 bits per heavy atom. The number of amides is 2. The van der Waals surface area contributed by atoms with E-state index in [4.69, 9.17) is 0 Å². The molecule has 1 aromatic carbocycles. The van der Waals surface area contributed by atoms with Crippen LogP contribution in [-0.2, 0) is 9.59 Å². The molecule has 0 aromatic heterocycles. The van der Waals surface area contributed by atoms with Gasteiger partial charge in [-0.05, 0) is 24.8 Å². The van der Waals surface area contributed by atoms with Crippen LogP contribution in [-0.4, -0.2) is 48.3 Å². The van der Waals surface area contributed by atoms with Gasteiger partial charge in [-0.2, -0.15) is 10.2 Å². The average molecular weight is 393 g/mol. The van der Waals surface area contributed by atoms with E-state index in [9.17, 15) is 9.59 Å². The molecule has 0 bridgehead atoms. The Labute approximate surface area is 171 Å². The highest BCUT2D eigenvalue weighted by molar-refractivity contribution is 5.99. The minimum Gasteiger partial charge on any atom is -0.382 e. The van der Waals surface area contributed by atoms with Gasteiger partial charge in [-0.25, -0.2) is 0 Å². The Balaban J connectivity index is 1.77. The molecule has 1 fully saturated rings. The van der Waals surface area contributed by atoms with E-state index in [2.05, 4.69) is 27.6 Å². The summed E-state index contributed by atoms with van der Waals surface area (Å²) in [5, 5.41) is 13.8. The van der Waals surface area contributed by atoms with Crippen LogP contribution < -0.4 is 10.6 Å². The zero-order valence-electron chi connectivity index (χ0n) is 16.5. The molecule has 2 N–H and O–H groups in total. The molecule has 4 rings (SSSR count). The highest BCUT2D eigenvalue weighted by Gasteiger charge is 2.45. The lowest BCUT2D eigenvalue weighted by Crippen LogP contribution is -2.53. The SMILES string of the molecule is C=NN=CCCC(=O)N1C(c2ccccc2)C2=C(CNC2=O)NC2CCCCC21. The first-order valence-electron chi connectivity index (χ1n) is 10.3. The van der Waals surface area contributed by atoms with E-state index >= 15 is 0 Å². The summed E-state index contributed by atoms with van der Waals surface area (Å²) in [6.45, 7) is 3.83. The maximum Gasteiger partial charge on any atom is 0.251 e. The molecule has 152 valence electrons. The first-order valence-corrected chi connectivity index (χ1v) is 10.3. The molecule has 29 heavy (non-hydrogen) atoms. The van der Waals surface area contributed by atoms with Crippen LogP contribution in [0.15, 0.2) is 51.8 Å². The molecule has 1 aromatic rings. The molecule has 3 aliphatic rings. The van der Waals surface area contributed by atoms with Crippen LogP contribution >= 0.6 is 0 Å². The van der Waals surface area contributed by atoms with Crippen LogP contribution in [0.2, 0.25) is 0 Å². The number of nitrogens with one attached hydrogen (secondary N) is 2. The number of carbonyl (C=O) groups excluding carboxylic acids is 2. The first kappa shape index (κ1) is 19.4. The zero-order valence-corrected chi connectivity index (χ0v) is 16.5. The van der Waals surface area contributed by atoms with Crippen molar-refractivity contribution in [1.29, 1.82) is 0 Å². The van der Waals surface area contributed by atoms with Crippen molar-refractivity contribution in [3.05, 3.63) is 47.2 Å². The second kappa shape index (κ2) is 8.59. The summed E-state index contributed by atoms with van der Waals surface area (Å²) in [6.07, 6.45) is 6.61. The van der Waals surface area contributed by atoms with Gasteiger partial charge in [0.1, 0.15) is 0 Å². The van der Waals surface area contributed by atoms with Crippen LogP contribution in [0.25, 0.3) is 0 Å². The van der Waals surface area contributed by atoms with Gasteiger partial charge < -0.3 is 15.5 Å². The summed E-state index contributed by atoms with van der Waals surface area (Å²) < 4.78 is 0. The van der Waals surface area contributed by atoms with Crippen LogP contribution in [0.4, 0.5) is 0 Å². The third-order valence-electron chi connectivity index (χ3n) is 6.05. The number of benzene rings is 1. The summed E-state index contributed by atoms with van der Waals surface area (Å²) >= 11 is 0. The molecule has 2 amide bonds. The molecular formula is C22H27N5O2. The molecule has 2 aliphatic heterocycles. The minimum atomic E-state index is -0.378. The van der Waals surface area contributed by atoms with E-state index in [1.54, 1.807) is 6.21 Å². The lowest BCUT2D eigenvalue weighted by atomic mass is 9.87. The number of fused-ring (bicyclic) bond motifs is 1. The van der Waals surface area contributed by atoms with Crippen molar-refractivity contribution >= 4 is 24.7 Å². The van der Waals surface area contributed by atoms with Crippen molar-refractivity contribution in [2.75, 3.05) is 6.54 Å². The Hall–Kier alpha value is -2.96. The van der Waals surface area contributed by atoms with Crippen molar-refractivity contribution in [3.8, 4) is 0 Å². The fraction of sp³-hybridized carbons (Fsp3) is 0.455. The van der Waals surface area contributed by atoms with Crippen molar-refractivity contribution < 1.29 is 9.59 Å². The van der Waals surface area contributed by atoms with Gasteiger partial charge in [-0.1, -0.05) is 43.2 Å². The molecule has 0 spiro atoms. The molecule has 1 saturated carbocycles. The van der Waals surface area contributed by atoms with Gasteiger partial charge in [-0.3, -0.25) is 9.59 Å². The molecule has 1 aliphatic carbocycles. The van der Waals surface area contributed by atoms with Gasteiger partial charge >= 0.3 is 0 Å². The smallest absolute Gasteiger partial charge is 0.251 e. The summed E-state index contributed by atoms with van der Waals surface area (Å²) in [5.74, 6) is -0.0447. The summed E-state index contributed by atoms with van der Waals surface area (Å²) in [7, 11) is 0. The van der Waals surface area contributed by atoms with Gasteiger partial charge in [0.15, 0.2) is 0 Å². The van der Waals surface area contributed by atoms with Crippen molar-refractivity contribution in [2.24, 2.45) is 10.2 Å². The number of carbonyl (C=O) groups is 2. The quantitative estimate of drug-likeness (QED) is 0.595. The largest absolute Gasteiger partial charge is 0.382 e. The van der Waals surface area contributed by atoms with E-state index in [0.29, 0.717) is 25.0 Å². The minimum absolute atomic E-state index is 0.0431. The Morgan fingerprint density at radius 3 is 2.83 bits per heavy atom.